The van der Waals surface area contributed by atoms with Gasteiger partial charge in [-0.25, -0.2) is 4.39 Å². The average molecular weight is 272 g/mol. The van der Waals surface area contributed by atoms with Crippen molar-refractivity contribution >= 4 is 23.5 Å². The van der Waals surface area contributed by atoms with E-state index in [0.29, 0.717) is 5.56 Å². The number of hydrogen-bond donors (Lipinski definition) is 1. The summed E-state index contributed by atoms with van der Waals surface area (Å²) < 4.78 is 13.5. The Morgan fingerprint density at radius 1 is 1.29 bits per heavy atom. The Balaban J connectivity index is 2.38. The minimum atomic E-state index is -1.16. The predicted molar refractivity (Wildman–Crippen MR) is 73.9 cm³/mol. The number of thioether (sulfide) groups is 2. The second kappa shape index (κ2) is 4.82. The number of hydrogen-bond acceptors (Lipinski definition) is 3. The molecule has 1 aliphatic heterocycles. The molecule has 1 aromatic carbocycles. The molecule has 1 atom stereocenters. The van der Waals surface area contributed by atoms with Gasteiger partial charge >= 0.3 is 0 Å². The molecule has 17 heavy (non-hydrogen) atoms. The van der Waals surface area contributed by atoms with E-state index in [1.165, 1.54) is 6.07 Å². The Bertz CT molecular complexity index is 400. The van der Waals surface area contributed by atoms with Gasteiger partial charge < -0.3 is 5.11 Å². The fraction of sp³-hybridized carbons (Fsp3) is 0.538. The standard InChI is InChI=1S/C13H17FOS2/c1-12(15,10-6-3-4-7-11(10)14)13(2)16-8-5-9-17-13/h3-4,6-7,15H,5,8-9H2,1-2H3. The summed E-state index contributed by atoms with van der Waals surface area (Å²) >= 11 is 3.44. The summed E-state index contributed by atoms with van der Waals surface area (Å²) in [7, 11) is 0. The van der Waals surface area contributed by atoms with E-state index in [0.717, 1.165) is 17.9 Å². The Hall–Kier alpha value is -0.190. The summed E-state index contributed by atoms with van der Waals surface area (Å²) in [6.07, 6.45) is 1.15. The summed E-state index contributed by atoms with van der Waals surface area (Å²) in [6.45, 7) is 3.73. The van der Waals surface area contributed by atoms with Crippen molar-refractivity contribution in [3.8, 4) is 0 Å². The predicted octanol–water partition coefficient (Wildman–Crippen LogP) is 3.62. The molecule has 0 spiro atoms. The zero-order valence-corrected chi connectivity index (χ0v) is 11.7. The summed E-state index contributed by atoms with van der Waals surface area (Å²) in [5.41, 5.74) is -0.766. The maximum atomic E-state index is 13.8. The van der Waals surface area contributed by atoms with Crippen LogP contribution in [0.15, 0.2) is 24.3 Å². The van der Waals surface area contributed by atoms with Gasteiger partial charge in [0.1, 0.15) is 11.4 Å². The highest BCUT2D eigenvalue weighted by Crippen LogP contribution is 2.53. The molecule has 0 bridgehead atoms. The minimum absolute atomic E-state index is 0.328. The highest BCUT2D eigenvalue weighted by Gasteiger charge is 2.47. The molecule has 1 saturated heterocycles. The molecular formula is C13H17FOS2. The Morgan fingerprint density at radius 2 is 1.88 bits per heavy atom. The van der Waals surface area contributed by atoms with Crippen LogP contribution in [0.3, 0.4) is 0 Å². The van der Waals surface area contributed by atoms with Crippen molar-refractivity contribution in [2.45, 2.75) is 29.9 Å². The Kier molecular flexibility index (Phi) is 3.76. The molecule has 1 fully saturated rings. The second-order valence-corrected chi connectivity index (χ2v) is 7.83. The Morgan fingerprint density at radius 3 is 2.47 bits per heavy atom. The van der Waals surface area contributed by atoms with E-state index in [9.17, 15) is 9.50 Å². The zero-order valence-electron chi connectivity index (χ0n) is 10.1. The lowest BCUT2D eigenvalue weighted by Gasteiger charge is -2.44. The topological polar surface area (TPSA) is 20.2 Å². The van der Waals surface area contributed by atoms with E-state index in [-0.39, 0.29) is 9.90 Å². The van der Waals surface area contributed by atoms with Crippen LogP contribution in [0, 0.1) is 5.82 Å². The quantitative estimate of drug-likeness (QED) is 0.888. The van der Waals surface area contributed by atoms with Crippen LogP contribution in [0.25, 0.3) is 0 Å². The number of halogens is 1. The fourth-order valence-electron chi connectivity index (χ4n) is 2.02. The molecule has 0 saturated carbocycles. The normalized spacial score (nSPS) is 23.1. The van der Waals surface area contributed by atoms with Crippen LogP contribution in [0.5, 0.6) is 0 Å². The van der Waals surface area contributed by atoms with Crippen molar-refractivity contribution < 1.29 is 9.50 Å². The molecule has 1 N–H and O–H groups in total. The minimum Gasteiger partial charge on any atom is -0.383 e. The first-order chi connectivity index (χ1) is 7.97. The number of rotatable bonds is 2. The summed E-state index contributed by atoms with van der Waals surface area (Å²) in [4.78, 5) is 0. The van der Waals surface area contributed by atoms with Crippen molar-refractivity contribution in [3.05, 3.63) is 35.6 Å². The highest BCUT2D eigenvalue weighted by atomic mass is 32.2. The first-order valence-electron chi connectivity index (χ1n) is 5.73. The van der Waals surface area contributed by atoms with E-state index in [2.05, 4.69) is 0 Å². The SMILES string of the molecule is CC1(C(C)(O)c2ccccc2F)SCCCS1. The highest BCUT2D eigenvalue weighted by molar-refractivity contribution is 8.18. The third kappa shape index (κ3) is 2.35. The van der Waals surface area contributed by atoms with Gasteiger partial charge in [0, 0.05) is 5.56 Å². The van der Waals surface area contributed by atoms with Gasteiger partial charge in [-0.1, -0.05) is 18.2 Å². The molecule has 94 valence electrons. The van der Waals surface area contributed by atoms with Gasteiger partial charge in [-0.2, -0.15) is 0 Å². The molecule has 1 aliphatic rings. The molecule has 1 heterocycles. The lowest BCUT2D eigenvalue weighted by atomic mass is 9.92. The van der Waals surface area contributed by atoms with Crippen molar-refractivity contribution in [2.75, 3.05) is 11.5 Å². The van der Waals surface area contributed by atoms with E-state index in [4.69, 9.17) is 0 Å². The van der Waals surface area contributed by atoms with Crippen LogP contribution >= 0.6 is 23.5 Å². The van der Waals surface area contributed by atoms with Gasteiger partial charge in [0.05, 0.1) is 4.08 Å². The van der Waals surface area contributed by atoms with Crippen LogP contribution in [0.1, 0.15) is 25.8 Å². The van der Waals surface area contributed by atoms with E-state index < -0.39 is 5.60 Å². The van der Waals surface area contributed by atoms with E-state index in [1.54, 1.807) is 48.6 Å². The first kappa shape index (κ1) is 13.2. The van der Waals surface area contributed by atoms with Gasteiger partial charge in [-0.15, -0.1) is 23.5 Å². The van der Waals surface area contributed by atoms with Gasteiger partial charge in [-0.3, -0.25) is 0 Å². The van der Waals surface area contributed by atoms with Crippen molar-refractivity contribution in [2.24, 2.45) is 0 Å². The first-order valence-corrected chi connectivity index (χ1v) is 7.70. The van der Waals surface area contributed by atoms with Crippen LogP contribution in [-0.4, -0.2) is 20.7 Å². The maximum absolute atomic E-state index is 13.8. The molecule has 4 heteroatoms. The molecule has 0 radical (unpaired) electrons. The van der Waals surface area contributed by atoms with Gasteiger partial charge in [0.25, 0.3) is 0 Å². The van der Waals surface area contributed by atoms with Crippen molar-refractivity contribution in [3.63, 3.8) is 0 Å². The third-order valence-corrected chi connectivity index (χ3v) is 6.92. The van der Waals surface area contributed by atoms with Crippen molar-refractivity contribution in [1.29, 1.82) is 0 Å². The lowest BCUT2D eigenvalue weighted by molar-refractivity contribution is 0.0450. The molecule has 2 rings (SSSR count). The monoisotopic (exact) mass is 272 g/mol. The number of aliphatic hydroxyl groups is 1. The second-order valence-electron chi connectivity index (χ2n) is 4.55. The molecule has 1 nitrogen and oxygen atoms in total. The van der Waals surface area contributed by atoms with E-state index >= 15 is 0 Å². The van der Waals surface area contributed by atoms with Gasteiger partial charge in [0.15, 0.2) is 0 Å². The van der Waals surface area contributed by atoms with Crippen LogP contribution in [0.2, 0.25) is 0 Å². The average Bonchev–Trinajstić information content (AvgIpc) is 2.30. The lowest BCUT2D eigenvalue weighted by Crippen LogP contribution is -2.44. The van der Waals surface area contributed by atoms with Gasteiger partial charge in [-0.05, 0) is 37.8 Å². The molecule has 1 unspecified atom stereocenters. The summed E-state index contributed by atoms with van der Waals surface area (Å²) in [5.74, 6) is 1.72. The van der Waals surface area contributed by atoms with E-state index in [1.807, 2.05) is 6.92 Å². The smallest absolute Gasteiger partial charge is 0.129 e. The van der Waals surface area contributed by atoms with Crippen LogP contribution < -0.4 is 0 Å². The molecule has 0 amide bonds. The van der Waals surface area contributed by atoms with Crippen molar-refractivity contribution in [1.82, 2.24) is 0 Å². The maximum Gasteiger partial charge on any atom is 0.129 e. The Labute approximate surface area is 110 Å². The number of benzene rings is 1. The third-order valence-electron chi connectivity index (χ3n) is 3.33. The fourth-order valence-corrected chi connectivity index (χ4v) is 5.17. The van der Waals surface area contributed by atoms with Gasteiger partial charge in [0.2, 0.25) is 0 Å². The van der Waals surface area contributed by atoms with Crippen LogP contribution in [0.4, 0.5) is 4.39 Å². The largest absolute Gasteiger partial charge is 0.383 e. The molecule has 1 aromatic rings. The molecule has 0 aliphatic carbocycles. The molecular weight excluding hydrogens is 255 g/mol. The molecule has 0 aromatic heterocycles. The van der Waals surface area contributed by atoms with Crippen LogP contribution in [-0.2, 0) is 5.60 Å². The summed E-state index contributed by atoms with van der Waals surface area (Å²) in [6, 6.07) is 6.51. The summed E-state index contributed by atoms with van der Waals surface area (Å²) in [5, 5.41) is 10.8. The zero-order chi connectivity index (χ0) is 12.5.